The second-order valence-corrected chi connectivity index (χ2v) is 15.8. The zero-order valence-corrected chi connectivity index (χ0v) is 35.3. The topological polar surface area (TPSA) is 228 Å². The summed E-state index contributed by atoms with van der Waals surface area (Å²) in [5.74, 6) is -0.269. The maximum absolute atomic E-state index is 12.9. The summed E-state index contributed by atoms with van der Waals surface area (Å²) in [6.07, 6.45) is 16.8. The fourth-order valence-corrected chi connectivity index (χ4v) is 7.08. The third-order valence-corrected chi connectivity index (χ3v) is 10.8. The molecule has 0 bridgehead atoms. The third kappa shape index (κ3) is 20.2. The first-order valence-corrected chi connectivity index (χ1v) is 22.2. The molecular weight excluding hydrogens is 750 g/mol. The van der Waals surface area contributed by atoms with Crippen LogP contribution >= 0.6 is 0 Å². The first-order chi connectivity index (χ1) is 28.1. The van der Waals surface area contributed by atoms with E-state index in [-0.39, 0.29) is 18.9 Å². The molecule has 12 unspecified atom stereocenters. The summed E-state index contributed by atoms with van der Waals surface area (Å²) in [6.45, 7) is 2.62. The zero-order chi connectivity index (χ0) is 42.5. The number of allylic oxidation sites excluding steroid dienone is 5. The minimum Gasteiger partial charge on any atom is -0.394 e. The third-order valence-electron chi connectivity index (χ3n) is 10.8. The van der Waals surface area contributed by atoms with Crippen molar-refractivity contribution in [1.82, 2.24) is 5.32 Å². The van der Waals surface area contributed by atoms with Gasteiger partial charge < -0.3 is 65.1 Å². The van der Waals surface area contributed by atoms with Gasteiger partial charge in [-0.15, -0.1) is 0 Å². The van der Waals surface area contributed by atoms with Gasteiger partial charge in [0, 0.05) is 6.42 Å². The zero-order valence-electron chi connectivity index (χ0n) is 35.3. The highest BCUT2D eigenvalue weighted by atomic mass is 16.7. The van der Waals surface area contributed by atoms with Crippen LogP contribution in [0.15, 0.2) is 36.5 Å². The molecule has 0 aliphatic carbocycles. The first kappa shape index (κ1) is 52.3. The van der Waals surface area contributed by atoms with Crippen molar-refractivity contribution in [1.29, 1.82) is 0 Å². The molecule has 0 radical (unpaired) electrons. The molecule has 0 aromatic heterocycles. The van der Waals surface area contributed by atoms with Gasteiger partial charge in [0.15, 0.2) is 12.6 Å². The Balaban J connectivity index is 1.86. The minimum absolute atomic E-state index is 0.265. The Bertz CT molecular complexity index is 1120. The van der Waals surface area contributed by atoms with Gasteiger partial charge in [-0.2, -0.15) is 0 Å². The maximum atomic E-state index is 12.9. The number of aliphatic hydroxyl groups excluding tert-OH is 8. The van der Waals surface area contributed by atoms with Gasteiger partial charge in [0.05, 0.1) is 32.0 Å². The first-order valence-electron chi connectivity index (χ1n) is 22.2. The van der Waals surface area contributed by atoms with Gasteiger partial charge in [0.25, 0.3) is 0 Å². The average molecular weight is 830 g/mol. The van der Waals surface area contributed by atoms with Gasteiger partial charge in [-0.05, 0) is 44.9 Å². The van der Waals surface area contributed by atoms with E-state index in [1.807, 2.05) is 6.08 Å². The summed E-state index contributed by atoms with van der Waals surface area (Å²) >= 11 is 0. The molecule has 14 heteroatoms. The number of rotatable bonds is 32. The van der Waals surface area contributed by atoms with Crippen LogP contribution < -0.4 is 5.32 Å². The Hall–Kier alpha value is -1.79. The van der Waals surface area contributed by atoms with E-state index in [0.29, 0.717) is 12.8 Å². The SMILES string of the molecule is CCCCCCCCCCC/C=C/CC/C=C/CC/C=C/C(O)C(COC1OC(CO)C(OC2OC(CO)C(O)C(O)C2O)C(O)C1O)NC(=O)CCCCCCC. The van der Waals surface area contributed by atoms with Crippen LogP contribution in [0.1, 0.15) is 142 Å². The van der Waals surface area contributed by atoms with E-state index >= 15 is 0 Å². The number of amides is 1. The standard InChI is InChI=1S/C44H79NO13/c1-3-5-7-9-10-11-12-13-14-15-16-17-18-19-20-21-22-24-25-27-33(48)32(45-36(49)28-26-23-8-6-4-2)31-55-43-41(54)39(52)42(35(30-47)57-43)58-44-40(53)38(51)37(50)34(29-46)56-44/h16-17,20-21,25,27,32-35,37-44,46-48,50-54H,3-15,18-19,22-24,26,28-31H2,1-2H3,(H,45,49)/b17-16+,21-20+,27-25+. The van der Waals surface area contributed by atoms with Gasteiger partial charge in [0.1, 0.15) is 48.8 Å². The highest BCUT2D eigenvalue weighted by Gasteiger charge is 2.50. The molecule has 0 spiro atoms. The average Bonchev–Trinajstić information content (AvgIpc) is 3.22. The molecule has 2 heterocycles. The molecule has 58 heavy (non-hydrogen) atoms. The van der Waals surface area contributed by atoms with E-state index in [9.17, 15) is 45.6 Å². The van der Waals surface area contributed by atoms with Crippen LogP contribution in [0.3, 0.4) is 0 Å². The Morgan fingerprint density at radius 2 is 1.10 bits per heavy atom. The Morgan fingerprint density at radius 3 is 1.69 bits per heavy atom. The van der Waals surface area contributed by atoms with Crippen molar-refractivity contribution in [2.75, 3.05) is 19.8 Å². The van der Waals surface area contributed by atoms with E-state index < -0.39 is 86.8 Å². The molecule has 2 rings (SSSR count). The van der Waals surface area contributed by atoms with Crippen molar-refractivity contribution in [2.24, 2.45) is 0 Å². The van der Waals surface area contributed by atoms with Gasteiger partial charge >= 0.3 is 0 Å². The molecule has 2 aliphatic rings. The van der Waals surface area contributed by atoms with Gasteiger partial charge in [-0.3, -0.25) is 4.79 Å². The van der Waals surface area contributed by atoms with Crippen molar-refractivity contribution in [3.05, 3.63) is 36.5 Å². The highest BCUT2D eigenvalue weighted by Crippen LogP contribution is 2.30. The number of carbonyl (C=O) groups excluding carboxylic acids is 1. The van der Waals surface area contributed by atoms with Crippen LogP contribution in [-0.4, -0.2) is 140 Å². The molecule has 0 aromatic carbocycles. The van der Waals surface area contributed by atoms with Gasteiger partial charge in [0.2, 0.25) is 5.91 Å². The molecule has 2 saturated heterocycles. The van der Waals surface area contributed by atoms with Crippen molar-refractivity contribution in [2.45, 2.75) is 216 Å². The van der Waals surface area contributed by atoms with Crippen molar-refractivity contribution < 1.29 is 64.6 Å². The molecule has 12 atom stereocenters. The number of hydrogen-bond acceptors (Lipinski definition) is 13. The Kier molecular flexibility index (Phi) is 28.9. The van der Waals surface area contributed by atoms with Crippen molar-refractivity contribution in [3.63, 3.8) is 0 Å². The minimum atomic E-state index is -1.79. The number of ether oxygens (including phenoxy) is 4. The summed E-state index contributed by atoms with van der Waals surface area (Å²) in [6, 6.07) is -0.930. The molecule has 0 saturated carbocycles. The van der Waals surface area contributed by atoms with E-state index in [1.54, 1.807) is 6.08 Å². The summed E-state index contributed by atoms with van der Waals surface area (Å²) in [7, 11) is 0. The van der Waals surface area contributed by atoms with E-state index in [4.69, 9.17) is 18.9 Å². The Morgan fingerprint density at radius 1 is 0.603 bits per heavy atom. The lowest BCUT2D eigenvalue weighted by Crippen LogP contribution is -2.65. The van der Waals surface area contributed by atoms with Crippen LogP contribution in [0.2, 0.25) is 0 Å². The smallest absolute Gasteiger partial charge is 0.220 e. The van der Waals surface area contributed by atoms with Crippen LogP contribution in [0, 0.1) is 0 Å². The van der Waals surface area contributed by atoms with Crippen LogP contribution in [0.5, 0.6) is 0 Å². The van der Waals surface area contributed by atoms with E-state index in [2.05, 4.69) is 43.5 Å². The molecule has 338 valence electrons. The molecule has 1 amide bonds. The lowest BCUT2D eigenvalue weighted by molar-refractivity contribution is -0.359. The van der Waals surface area contributed by atoms with Crippen LogP contribution in [0.4, 0.5) is 0 Å². The van der Waals surface area contributed by atoms with Crippen LogP contribution in [-0.2, 0) is 23.7 Å². The van der Waals surface area contributed by atoms with Gasteiger partial charge in [-0.25, -0.2) is 0 Å². The molecule has 0 aromatic rings. The van der Waals surface area contributed by atoms with E-state index in [0.717, 1.165) is 51.4 Å². The van der Waals surface area contributed by atoms with Crippen LogP contribution in [0.25, 0.3) is 0 Å². The number of nitrogens with one attached hydrogen (secondary N) is 1. The lowest BCUT2D eigenvalue weighted by Gasteiger charge is -2.46. The lowest BCUT2D eigenvalue weighted by atomic mass is 9.97. The number of unbranched alkanes of at least 4 members (excludes halogenated alkanes) is 15. The van der Waals surface area contributed by atoms with E-state index in [1.165, 1.54) is 57.8 Å². The molecule has 2 aliphatic heterocycles. The van der Waals surface area contributed by atoms with Crippen molar-refractivity contribution in [3.8, 4) is 0 Å². The van der Waals surface area contributed by atoms with Crippen molar-refractivity contribution >= 4 is 5.91 Å². The summed E-state index contributed by atoms with van der Waals surface area (Å²) in [4.78, 5) is 12.9. The maximum Gasteiger partial charge on any atom is 0.220 e. The largest absolute Gasteiger partial charge is 0.394 e. The number of hydrogen-bond donors (Lipinski definition) is 9. The van der Waals surface area contributed by atoms with Gasteiger partial charge in [-0.1, -0.05) is 127 Å². The molecule has 14 nitrogen and oxygen atoms in total. The monoisotopic (exact) mass is 830 g/mol. The summed E-state index contributed by atoms with van der Waals surface area (Å²) in [5, 5.41) is 86.0. The summed E-state index contributed by atoms with van der Waals surface area (Å²) < 4.78 is 22.5. The normalized spacial score (nSPS) is 29.1. The predicted octanol–water partition coefficient (Wildman–Crippen LogP) is 3.98. The highest BCUT2D eigenvalue weighted by molar-refractivity contribution is 5.76. The quantitative estimate of drug-likeness (QED) is 0.0346. The molecular formula is C44H79NO13. The fourth-order valence-electron chi connectivity index (χ4n) is 7.08. The Labute approximate surface area is 347 Å². The molecule has 9 N–H and O–H groups in total. The summed E-state index contributed by atoms with van der Waals surface area (Å²) in [5.41, 5.74) is 0. The predicted molar refractivity (Wildman–Crippen MR) is 221 cm³/mol. The second-order valence-electron chi connectivity index (χ2n) is 15.8. The second kappa shape index (κ2) is 32.0. The number of carbonyl (C=O) groups is 1. The number of aliphatic hydroxyl groups is 8. The molecule has 2 fully saturated rings. The fraction of sp³-hybridized carbons (Fsp3) is 0.841.